The molecule has 2 aromatic rings. The molecule has 17 nitrogen and oxygen atoms in total. The maximum atomic E-state index is 14.6. The summed E-state index contributed by atoms with van der Waals surface area (Å²) in [4.78, 5) is 105. The number of anilines is 1. The smallest absolute Gasteiger partial charge is 0.329 e. The number of piperidine rings is 1. The number of hydrogen-bond acceptors (Lipinski definition) is 10. The summed E-state index contributed by atoms with van der Waals surface area (Å²) in [5, 5.41) is 10.6. The van der Waals surface area contributed by atoms with Crippen LogP contribution in [0.2, 0.25) is 0 Å². The number of fused-ring (bicyclic) bond motifs is 3. The molecule has 17 heteroatoms. The van der Waals surface area contributed by atoms with Crippen molar-refractivity contribution in [3.05, 3.63) is 48.4 Å². The molecule has 4 fully saturated rings. The number of esters is 1. The number of aromatic nitrogens is 1. The molecule has 1 aromatic heterocycles. The first kappa shape index (κ1) is 38.3. The number of hydrogen-bond donors (Lipinski definition) is 4. The fourth-order valence-corrected chi connectivity index (χ4v) is 7.86. The highest BCUT2D eigenvalue weighted by molar-refractivity contribution is 5.98. The number of carbonyl (C=O) groups is 7. The maximum Gasteiger partial charge on any atom is 0.329 e. The zero-order valence-electron chi connectivity index (χ0n) is 30.7. The predicted molar refractivity (Wildman–Crippen MR) is 191 cm³/mol. The first-order valence-electron chi connectivity index (χ1n) is 18.6. The van der Waals surface area contributed by atoms with Crippen LogP contribution in [0, 0.1) is 5.92 Å². The lowest BCUT2D eigenvalue weighted by Gasteiger charge is -2.39. The molecular formula is C37H48N8O9. The third-order valence-corrected chi connectivity index (χ3v) is 10.6. The number of oxazole rings is 1. The molecule has 0 radical (unpaired) electrons. The van der Waals surface area contributed by atoms with Gasteiger partial charge in [-0.3, -0.25) is 29.3 Å². The minimum Gasteiger partial charge on any atom is -0.458 e. The molecule has 8 atom stereocenters. The first-order chi connectivity index (χ1) is 25.9. The second-order valence-electron chi connectivity index (χ2n) is 14.6. The van der Waals surface area contributed by atoms with E-state index >= 15 is 0 Å². The number of nitrogens with zero attached hydrogens (tertiary/aromatic N) is 4. The Morgan fingerprint density at radius 1 is 0.889 bits per heavy atom. The number of nitrogens with one attached hydrogen (secondary N) is 4. The van der Waals surface area contributed by atoms with Gasteiger partial charge in [0.1, 0.15) is 48.6 Å². The van der Waals surface area contributed by atoms with Crippen molar-refractivity contribution < 1.29 is 42.7 Å². The molecule has 0 bridgehead atoms. The van der Waals surface area contributed by atoms with Crippen molar-refractivity contribution in [3.8, 4) is 0 Å². The topological polar surface area (TPSA) is 213 Å². The molecule has 0 saturated carbocycles. The van der Waals surface area contributed by atoms with E-state index in [1.54, 1.807) is 31.2 Å². The van der Waals surface area contributed by atoms with Crippen LogP contribution in [0.25, 0.3) is 0 Å². The highest BCUT2D eigenvalue weighted by Gasteiger charge is 2.47. The Labute approximate surface area is 312 Å². The minimum atomic E-state index is -1.49. The summed E-state index contributed by atoms with van der Waals surface area (Å²) in [5.74, 6) is -3.59. The van der Waals surface area contributed by atoms with E-state index in [0.717, 1.165) is 0 Å². The molecule has 4 saturated heterocycles. The van der Waals surface area contributed by atoms with Crippen LogP contribution in [-0.4, -0.2) is 123 Å². The summed E-state index contributed by atoms with van der Waals surface area (Å²) in [7, 11) is 0. The molecule has 290 valence electrons. The average Bonchev–Trinajstić information content (AvgIpc) is 3.94. The zero-order valence-corrected chi connectivity index (χ0v) is 30.7. The maximum absolute atomic E-state index is 14.6. The average molecular weight is 749 g/mol. The van der Waals surface area contributed by atoms with Crippen LogP contribution >= 0.6 is 0 Å². The molecule has 1 aromatic carbocycles. The summed E-state index contributed by atoms with van der Waals surface area (Å²) in [6, 6.07) is 1.58. The lowest BCUT2D eigenvalue weighted by atomic mass is 9.99. The zero-order chi connectivity index (χ0) is 38.5. The van der Waals surface area contributed by atoms with Crippen LogP contribution in [0.5, 0.6) is 0 Å². The number of rotatable bonds is 6. The van der Waals surface area contributed by atoms with Gasteiger partial charge in [0, 0.05) is 26.1 Å². The van der Waals surface area contributed by atoms with Gasteiger partial charge in [-0.05, 0) is 63.9 Å². The van der Waals surface area contributed by atoms with Crippen molar-refractivity contribution in [3.63, 3.8) is 0 Å². The van der Waals surface area contributed by atoms with Gasteiger partial charge in [0.05, 0.1) is 6.20 Å². The molecule has 4 aliphatic heterocycles. The molecule has 54 heavy (non-hydrogen) atoms. The van der Waals surface area contributed by atoms with Crippen LogP contribution in [-0.2, 0) is 39.9 Å². The van der Waals surface area contributed by atoms with Gasteiger partial charge in [-0.1, -0.05) is 37.3 Å². The predicted octanol–water partition coefficient (Wildman–Crippen LogP) is 0.951. The highest BCUT2D eigenvalue weighted by Crippen LogP contribution is 2.28. The van der Waals surface area contributed by atoms with E-state index in [4.69, 9.17) is 9.15 Å². The number of benzene rings is 1. The van der Waals surface area contributed by atoms with Gasteiger partial charge >= 0.3 is 18.0 Å². The van der Waals surface area contributed by atoms with Crippen molar-refractivity contribution in [1.82, 2.24) is 35.6 Å². The van der Waals surface area contributed by atoms with Gasteiger partial charge in [-0.15, -0.1) is 0 Å². The molecule has 4 aliphatic rings. The van der Waals surface area contributed by atoms with Crippen molar-refractivity contribution >= 4 is 47.6 Å². The van der Waals surface area contributed by atoms with E-state index in [0.29, 0.717) is 50.6 Å². The minimum absolute atomic E-state index is 0.0270. The Hall–Kier alpha value is -5.48. The van der Waals surface area contributed by atoms with Crippen molar-refractivity contribution in [1.29, 1.82) is 0 Å². The summed E-state index contributed by atoms with van der Waals surface area (Å²) in [6.07, 6.45) is 4.25. The Kier molecular flexibility index (Phi) is 11.8. The SMILES string of the molecule is C[C@@H]1C[C@H]2C(=O)O[C@@H](C)[C@H](NC(=O)[C@H](Cc3ccccc3)NC(=O)Nc3ncco3)C(=O)N3CCC[C@H]3C(=O)N3CCCC[C@H]3C(=O)N[C@@H](C)C(=O)N2C1. The van der Waals surface area contributed by atoms with Gasteiger partial charge in [0.2, 0.25) is 29.5 Å². The quantitative estimate of drug-likeness (QED) is 0.307. The molecule has 7 amide bonds. The third kappa shape index (κ3) is 8.50. The number of cyclic esters (lactones) is 1. The third-order valence-electron chi connectivity index (χ3n) is 10.6. The van der Waals surface area contributed by atoms with E-state index in [1.165, 1.54) is 34.1 Å². The molecule has 0 spiro atoms. The summed E-state index contributed by atoms with van der Waals surface area (Å²) < 4.78 is 11.0. The van der Waals surface area contributed by atoms with E-state index in [1.807, 2.05) is 13.0 Å². The number of urea groups is 1. The van der Waals surface area contributed by atoms with Crippen molar-refractivity contribution in [2.45, 2.75) is 108 Å². The normalized spacial score (nSPS) is 28.7. The summed E-state index contributed by atoms with van der Waals surface area (Å²) in [6.45, 7) is 5.67. The Balaban J connectivity index is 1.33. The number of carbonyl (C=O) groups excluding carboxylic acids is 7. The van der Waals surface area contributed by atoms with Gasteiger partial charge in [-0.2, -0.15) is 0 Å². The standard InChI is InChI=1S/C37H48N8O9/c1-21-18-28-35(51)54-23(3)29(41-30(46)25(19-24-10-5-4-6-11-24)40-36(52)42-37-38-14-17-53-37)34(50)44-16-9-13-27(44)33(49)43-15-8-7-12-26(43)31(47)39-22(2)32(48)45(28)20-21/h4-6,10-11,14,17,21-23,25-29H,7-9,12-13,15-16,18-20H2,1-3H3,(H,39,47)(H,41,46)(H2,38,40,42,52)/t21-,22+,23+,25+,26+,27+,28+,29+/m1/s1. The number of ether oxygens (including phenoxy) is 1. The lowest BCUT2D eigenvalue weighted by Crippen LogP contribution is -2.63. The van der Waals surface area contributed by atoms with Gasteiger partial charge < -0.3 is 39.8 Å². The van der Waals surface area contributed by atoms with Gasteiger partial charge in [0.25, 0.3) is 0 Å². The molecule has 6 rings (SSSR count). The Bertz CT molecular complexity index is 1720. The second kappa shape index (κ2) is 16.7. The Morgan fingerprint density at radius 2 is 1.61 bits per heavy atom. The highest BCUT2D eigenvalue weighted by atomic mass is 16.5. The molecule has 4 N–H and O–H groups in total. The van der Waals surface area contributed by atoms with Gasteiger partial charge in [0.15, 0.2) is 0 Å². The lowest BCUT2D eigenvalue weighted by molar-refractivity contribution is -0.163. The van der Waals surface area contributed by atoms with Crippen molar-refractivity contribution in [2.75, 3.05) is 25.0 Å². The van der Waals surface area contributed by atoms with Crippen molar-refractivity contribution in [2.24, 2.45) is 5.92 Å². The fraction of sp³-hybridized carbons (Fsp3) is 0.568. The molecule has 0 aliphatic carbocycles. The van der Waals surface area contributed by atoms with Crippen LogP contribution in [0.15, 0.2) is 47.2 Å². The summed E-state index contributed by atoms with van der Waals surface area (Å²) >= 11 is 0. The van der Waals surface area contributed by atoms with Crippen LogP contribution in [0.4, 0.5) is 10.8 Å². The number of amides is 7. The van der Waals surface area contributed by atoms with Crippen LogP contribution < -0.4 is 21.3 Å². The van der Waals surface area contributed by atoms with Crippen LogP contribution in [0.1, 0.15) is 64.9 Å². The van der Waals surface area contributed by atoms with E-state index in [2.05, 4.69) is 26.3 Å². The van der Waals surface area contributed by atoms with E-state index < -0.39 is 83.9 Å². The summed E-state index contributed by atoms with van der Waals surface area (Å²) in [5.41, 5.74) is 0.706. The van der Waals surface area contributed by atoms with E-state index in [9.17, 15) is 33.6 Å². The van der Waals surface area contributed by atoms with Crippen LogP contribution in [0.3, 0.4) is 0 Å². The monoisotopic (exact) mass is 748 g/mol. The van der Waals surface area contributed by atoms with E-state index in [-0.39, 0.29) is 31.4 Å². The molecule has 0 unspecified atom stereocenters. The first-order valence-corrected chi connectivity index (χ1v) is 18.6. The molecule has 5 heterocycles. The fourth-order valence-electron chi connectivity index (χ4n) is 7.86. The second-order valence-corrected chi connectivity index (χ2v) is 14.6. The molecular weight excluding hydrogens is 700 g/mol. The van der Waals surface area contributed by atoms with Gasteiger partial charge in [-0.25, -0.2) is 14.6 Å². The largest absolute Gasteiger partial charge is 0.458 e. The Morgan fingerprint density at radius 3 is 2.35 bits per heavy atom.